The molecule has 0 radical (unpaired) electrons. The lowest BCUT2D eigenvalue weighted by Gasteiger charge is -2.26. The van der Waals surface area contributed by atoms with Crippen molar-refractivity contribution >= 4 is 29.3 Å². The van der Waals surface area contributed by atoms with E-state index in [2.05, 4.69) is 5.32 Å². The van der Waals surface area contributed by atoms with E-state index in [1.54, 1.807) is 37.1 Å². The highest BCUT2D eigenvalue weighted by Gasteiger charge is 2.25. The molecule has 0 spiro atoms. The Morgan fingerprint density at radius 2 is 2.08 bits per heavy atom. The van der Waals surface area contributed by atoms with Gasteiger partial charge in [0.25, 0.3) is 5.91 Å². The fraction of sp³-hybridized carbons (Fsp3) is 0.278. The minimum absolute atomic E-state index is 0.0663. The largest absolute Gasteiger partial charge is 0.493 e. The molecule has 3 rings (SSSR count). The Bertz CT molecular complexity index is 766. The summed E-state index contributed by atoms with van der Waals surface area (Å²) in [5.41, 5.74) is 1.52. The second kappa shape index (κ2) is 7.36. The molecule has 1 unspecified atom stereocenters. The van der Waals surface area contributed by atoms with Gasteiger partial charge >= 0.3 is 0 Å². The van der Waals surface area contributed by atoms with E-state index in [1.165, 1.54) is 7.11 Å². The van der Waals surface area contributed by atoms with E-state index in [1.807, 2.05) is 18.2 Å². The summed E-state index contributed by atoms with van der Waals surface area (Å²) in [5, 5.41) is 3.77. The SMILES string of the molecule is COc1cccc(C(=O)NC2CCSc3ccc(Cl)cc32)c1OC. The van der Waals surface area contributed by atoms with E-state index in [4.69, 9.17) is 21.1 Å². The molecule has 2 aromatic carbocycles. The molecule has 0 saturated heterocycles. The summed E-state index contributed by atoms with van der Waals surface area (Å²) in [6, 6.07) is 11.0. The summed E-state index contributed by atoms with van der Waals surface area (Å²) in [7, 11) is 3.08. The molecular formula is C18H18ClNO3S. The zero-order chi connectivity index (χ0) is 17.1. The van der Waals surface area contributed by atoms with Crippen molar-refractivity contribution in [2.45, 2.75) is 17.4 Å². The second-order valence-electron chi connectivity index (χ2n) is 5.39. The average molecular weight is 364 g/mol. The number of hydrogen-bond donors (Lipinski definition) is 1. The Morgan fingerprint density at radius 3 is 2.83 bits per heavy atom. The van der Waals surface area contributed by atoms with E-state index < -0.39 is 0 Å². The van der Waals surface area contributed by atoms with Gasteiger partial charge in [-0.15, -0.1) is 11.8 Å². The van der Waals surface area contributed by atoms with Gasteiger partial charge in [-0.05, 0) is 42.3 Å². The molecule has 0 aliphatic carbocycles. The van der Waals surface area contributed by atoms with Gasteiger partial charge in [0.2, 0.25) is 0 Å². The van der Waals surface area contributed by atoms with Gasteiger partial charge in [0, 0.05) is 15.7 Å². The van der Waals surface area contributed by atoms with Crippen LogP contribution >= 0.6 is 23.4 Å². The van der Waals surface area contributed by atoms with Crippen molar-refractivity contribution in [3.63, 3.8) is 0 Å². The number of amides is 1. The predicted molar refractivity (Wildman–Crippen MR) is 96.5 cm³/mol. The van der Waals surface area contributed by atoms with Crippen molar-refractivity contribution in [2.24, 2.45) is 0 Å². The fourth-order valence-electron chi connectivity index (χ4n) is 2.82. The Labute approximate surface area is 150 Å². The molecule has 1 aliphatic heterocycles. The average Bonchev–Trinajstić information content (AvgIpc) is 2.61. The first-order valence-electron chi connectivity index (χ1n) is 7.58. The zero-order valence-electron chi connectivity index (χ0n) is 13.5. The molecule has 0 fully saturated rings. The molecule has 126 valence electrons. The van der Waals surface area contributed by atoms with Crippen LogP contribution in [0.4, 0.5) is 0 Å². The smallest absolute Gasteiger partial charge is 0.255 e. The Kier molecular flexibility index (Phi) is 5.21. The van der Waals surface area contributed by atoms with Crippen LogP contribution in [0.3, 0.4) is 0 Å². The van der Waals surface area contributed by atoms with Crippen molar-refractivity contribution in [3.8, 4) is 11.5 Å². The quantitative estimate of drug-likeness (QED) is 0.878. The molecule has 0 aromatic heterocycles. The van der Waals surface area contributed by atoms with Crippen LogP contribution in [0.25, 0.3) is 0 Å². The third-order valence-electron chi connectivity index (χ3n) is 3.96. The van der Waals surface area contributed by atoms with Gasteiger partial charge in [-0.1, -0.05) is 17.7 Å². The minimum atomic E-state index is -0.187. The molecule has 6 heteroatoms. The van der Waals surface area contributed by atoms with Crippen LogP contribution in [0.2, 0.25) is 5.02 Å². The molecule has 1 atom stereocenters. The number of ether oxygens (including phenoxy) is 2. The number of benzene rings is 2. The second-order valence-corrected chi connectivity index (χ2v) is 6.96. The molecule has 0 saturated carbocycles. The van der Waals surface area contributed by atoms with E-state index in [0.717, 1.165) is 22.6 Å². The van der Waals surface area contributed by atoms with Crippen molar-refractivity contribution < 1.29 is 14.3 Å². The van der Waals surface area contributed by atoms with Gasteiger partial charge in [0.15, 0.2) is 11.5 Å². The Hall–Kier alpha value is -1.85. The summed E-state index contributed by atoms with van der Waals surface area (Å²) in [4.78, 5) is 13.9. The summed E-state index contributed by atoms with van der Waals surface area (Å²) < 4.78 is 10.6. The summed E-state index contributed by atoms with van der Waals surface area (Å²) in [6.45, 7) is 0. The summed E-state index contributed by atoms with van der Waals surface area (Å²) in [6.07, 6.45) is 0.857. The lowest BCUT2D eigenvalue weighted by molar-refractivity contribution is 0.0931. The highest BCUT2D eigenvalue weighted by atomic mass is 35.5. The number of carbonyl (C=O) groups is 1. The monoisotopic (exact) mass is 363 g/mol. The van der Waals surface area contributed by atoms with Crippen LogP contribution in [-0.2, 0) is 0 Å². The highest BCUT2D eigenvalue weighted by molar-refractivity contribution is 7.99. The molecule has 0 bridgehead atoms. The molecule has 4 nitrogen and oxygen atoms in total. The van der Waals surface area contributed by atoms with Gasteiger partial charge < -0.3 is 14.8 Å². The molecule has 2 aromatic rings. The van der Waals surface area contributed by atoms with Crippen molar-refractivity contribution in [1.29, 1.82) is 0 Å². The zero-order valence-corrected chi connectivity index (χ0v) is 15.0. The van der Waals surface area contributed by atoms with Crippen LogP contribution in [-0.4, -0.2) is 25.9 Å². The lowest BCUT2D eigenvalue weighted by atomic mass is 10.0. The lowest BCUT2D eigenvalue weighted by Crippen LogP contribution is -2.31. The maximum absolute atomic E-state index is 12.8. The molecule has 24 heavy (non-hydrogen) atoms. The van der Waals surface area contributed by atoms with Crippen molar-refractivity contribution in [2.75, 3.05) is 20.0 Å². The standard InChI is InChI=1S/C18H18ClNO3S/c1-22-15-5-3-4-12(17(15)23-2)18(21)20-14-8-9-24-16-7-6-11(19)10-13(14)16/h3-7,10,14H,8-9H2,1-2H3,(H,20,21). The van der Waals surface area contributed by atoms with Crippen LogP contribution < -0.4 is 14.8 Å². The predicted octanol–water partition coefficient (Wildman–Crippen LogP) is 4.32. The van der Waals surface area contributed by atoms with Gasteiger partial charge in [-0.2, -0.15) is 0 Å². The third-order valence-corrected chi connectivity index (χ3v) is 5.32. The van der Waals surface area contributed by atoms with Crippen LogP contribution in [0.1, 0.15) is 28.4 Å². The van der Waals surface area contributed by atoms with E-state index >= 15 is 0 Å². The molecule has 1 aliphatic rings. The molecule has 1 N–H and O–H groups in total. The maximum atomic E-state index is 12.8. The van der Waals surface area contributed by atoms with E-state index in [0.29, 0.717) is 22.1 Å². The molecule has 1 amide bonds. The number of rotatable bonds is 4. The fourth-order valence-corrected chi connectivity index (χ4v) is 4.10. The first-order chi connectivity index (χ1) is 11.6. The van der Waals surface area contributed by atoms with Crippen molar-refractivity contribution in [3.05, 3.63) is 52.5 Å². The highest BCUT2D eigenvalue weighted by Crippen LogP contribution is 2.38. The maximum Gasteiger partial charge on any atom is 0.255 e. The van der Waals surface area contributed by atoms with Crippen LogP contribution in [0.5, 0.6) is 11.5 Å². The van der Waals surface area contributed by atoms with Crippen LogP contribution in [0, 0.1) is 0 Å². The molecular weight excluding hydrogens is 346 g/mol. The number of methoxy groups -OCH3 is 2. The first kappa shape index (κ1) is 17.0. The normalized spacial score (nSPS) is 16.2. The number of fused-ring (bicyclic) bond motifs is 1. The van der Waals surface area contributed by atoms with Crippen LogP contribution in [0.15, 0.2) is 41.3 Å². The van der Waals surface area contributed by atoms with Gasteiger partial charge in [0.1, 0.15) is 0 Å². The van der Waals surface area contributed by atoms with Gasteiger partial charge in [-0.3, -0.25) is 4.79 Å². The molecule has 1 heterocycles. The van der Waals surface area contributed by atoms with Crippen molar-refractivity contribution in [1.82, 2.24) is 5.32 Å². The first-order valence-corrected chi connectivity index (χ1v) is 8.94. The number of thioether (sulfide) groups is 1. The Balaban J connectivity index is 1.88. The minimum Gasteiger partial charge on any atom is -0.493 e. The van der Waals surface area contributed by atoms with Gasteiger partial charge in [0.05, 0.1) is 25.8 Å². The number of halogens is 1. The summed E-state index contributed by atoms with van der Waals surface area (Å²) in [5.74, 6) is 1.74. The number of carbonyl (C=O) groups excluding carboxylic acids is 1. The van der Waals surface area contributed by atoms with E-state index in [-0.39, 0.29) is 11.9 Å². The number of nitrogens with one attached hydrogen (secondary N) is 1. The number of para-hydroxylation sites is 1. The third kappa shape index (κ3) is 3.32. The number of hydrogen-bond acceptors (Lipinski definition) is 4. The topological polar surface area (TPSA) is 47.6 Å². The van der Waals surface area contributed by atoms with E-state index in [9.17, 15) is 4.79 Å². The summed E-state index contributed by atoms with van der Waals surface area (Å²) >= 11 is 7.91. The van der Waals surface area contributed by atoms with Gasteiger partial charge in [-0.25, -0.2) is 0 Å². The Morgan fingerprint density at radius 1 is 1.25 bits per heavy atom.